The summed E-state index contributed by atoms with van der Waals surface area (Å²) in [6.45, 7) is 9.12. The summed E-state index contributed by atoms with van der Waals surface area (Å²) in [7, 11) is 0. The van der Waals surface area contributed by atoms with Crippen molar-refractivity contribution < 1.29 is 0 Å². The van der Waals surface area contributed by atoms with Gasteiger partial charge in [-0.25, -0.2) is 4.98 Å². The number of hydrogen-bond acceptors (Lipinski definition) is 4. The fourth-order valence-electron chi connectivity index (χ4n) is 4.91. The van der Waals surface area contributed by atoms with Crippen molar-refractivity contribution in [3.63, 3.8) is 0 Å². The summed E-state index contributed by atoms with van der Waals surface area (Å²) < 4.78 is 0. The lowest BCUT2D eigenvalue weighted by molar-refractivity contribution is 0.00118. The lowest BCUT2D eigenvalue weighted by Crippen LogP contribution is -2.57. The Morgan fingerprint density at radius 3 is 2.38 bits per heavy atom. The number of rotatable bonds is 3. The van der Waals surface area contributed by atoms with Gasteiger partial charge in [0.1, 0.15) is 5.82 Å². The zero-order chi connectivity index (χ0) is 16.9. The van der Waals surface area contributed by atoms with E-state index in [0.717, 1.165) is 24.6 Å². The third-order valence-corrected chi connectivity index (χ3v) is 6.62. The van der Waals surface area contributed by atoms with E-state index in [-0.39, 0.29) is 0 Å². The van der Waals surface area contributed by atoms with E-state index in [0.29, 0.717) is 22.9 Å². The van der Waals surface area contributed by atoms with Crippen LogP contribution in [0, 0.1) is 17.8 Å². The number of nitrogens with two attached hydrogens (primary N) is 1. The van der Waals surface area contributed by atoms with Gasteiger partial charge in [0.2, 0.25) is 0 Å². The number of nitrogens with one attached hydrogen (secondary N) is 1. The molecule has 1 aliphatic heterocycles. The Hall–Kier alpha value is -1.29. The van der Waals surface area contributed by atoms with Gasteiger partial charge in [0, 0.05) is 25.2 Å². The van der Waals surface area contributed by atoms with E-state index in [2.05, 4.69) is 43.1 Å². The van der Waals surface area contributed by atoms with Gasteiger partial charge in [-0.15, -0.1) is 0 Å². The molecule has 132 valence electrons. The number of hydrogen-bond donors (Lipinski definition) is 2. The highest BCUT2D eigenvalue weighted by molar-refractivity contribution is 5.54. The summed E-state index contributed by atoms with van der Waals surface area (Å²) in [5, 5.41) is 3.71. The second-order valence-electron chi connectivity index (χ2n) is 9.37. The quantitative estimate of drug-likeness (QED) is 0.888. The molecule has 2 heterocycles. The van der Waals surface area contributed by atoms with Crippen molar-refractivity contribution in [1.82, 2.24) is 4.98 Å². The molecule has 1 aromatic rings. The van der Waals surface area contributed by atoms with Crippen molar-refractivity contribution in [3.8, 4) is 0 Å². The maximum absolute atomic E-state index is 5.95. The average molecular weight is 329 g/mol. The molecule has 4 rings (SSSR count). The molecule has 2 saturated carbocycles. The lowest BCUT2D eigenvalue weighted by Gasteiger charge is -2.57. The maximum Gasteiger partial charge on any atom is 0.128 e. The first-order valence-corrected chi connectivity index (χ1v) is 9.59. The SMILES string of the molecule is Cc1nc(N2CCC(C)(C)CC2)ccc1NC1CC2(CC(N)C2)C1. The van der Waals surface area contributed by atoms with Crippen LogP contribution in [0.15, 0.2) is 12.1 Å². The van der Waals surface area contributed by atoms with Gasteiger partial charge in [0.15, 0.2) is 0 Å². The predicted molar refractivity (Wildman–Crippen MR) is 100 cm³/mol. The van der Waals surface area contributed by atoms with Gasteiger partial charge in [-0.1, -0.05) is 13.8 Å². The molecule has 0 bridgehead atoms. The number of pyridine rings is 1. The second kappa shape index (κ2) is 5.62. The van der Waals surface area contributed by atoms with Gasteiger partial charge < -0.3 is 16.0 Å². The van der Waals surface area contributed by atoms with E-state index >= 15 is 0 Å². The summed E-state index contributed by atoms with van der Waals surface area (Å²) in [5.74, 6) is 1.14. The van der Waals surface area contributed by atoms with E-state index < -0.39 is 0 Å². The van der Waals surface area contributed by atoms with E-state index in [1.165, 1.54) is 44.2 Å². The molecule has 24 heavy (non-hydrogen) atoms. The van der Waals surface area contributed by atoms with Crippen LogP contribution in [0.4, 0.5) is 11.5 Å². The van der Waals surface area contributed by atoms with E-state index in [4.69, 9.17) is 10.7 Å². The van der Waals surface area contributed by atoms with Gasteiger partial charge in [0.05, 0.1) is 11.4 Å². The summed E-state index contributed by atoms with van der Waals surface area (Å²) in [6.07, 6.45) is 7.52. The van der Waals surface area contributed by atoms with Gasteiger partial charge in [-0.05, 0) is 68.4 Å². The van der Waals surface area contributed by atoms with Crippen LogP contribution in [-0.2, 0) is 0 Å². The minimum atomic E-state index is 0.461. The largest absolute Gasteiger partial charge is 0.381 e. The van der Waals surface area contributed by atoms with Crippen molar-refractivity contribution in [3.05, 3.63) is 17.8 Å². The van der Waals surface area contributed by atoms with Crippen LogP contribution in [0.25, 0.3) is 0 Å². The van der Waals surface area contributed by atoms with E-state index in [9.17, 15) is 0 Å². The van der Waals surface area contributed by atoms with Crippen LogP contribution in [0.5, 0.6) is 0 Å². The van der Waals surface area contributed by atoms with E-state index in [1.807, 2.05) is 0 Å². The van der Waals surface area contributed by atoms with Crippen LogP contribution >= 0.6 is 0 Å². The maximum atomic E-state index is 5.95. The fourth-order valence-corrected chi connectivity index (χ4v) is 4.91. The van der Waals surface area contributed by atoms with Crippen LogP contribution in [-0.4, -0.2) is 30.2 Å². The zero-order valence-electron chi connectivity index (χ0n) is 15.4. The molecule has 1 spiro atoms. The van der Waals surface area contributed by atoms with Crippen LogP contribution in [0.2, 0.25) is 0 Å². The molecule has 0 amide bonds. The molecule has 4 nitrogen and oxygen atoms in total. The Kier molecular flexibility index (Phi) is 3.79. The summed E-state index contributed by atoms with van der Waals surface area (Å²) in [6, 6.07) is 5.50. The minimum absolute atomic E-state index is 0.461. The average Bonchev–Trinajstić information content (AvgIpc) is 2.45. The van der Waals surface area contributed by atoms with Crippen molar-refractivity contribution in [2.75, 3.05) is 23.3 Å². The first-order valence-electron chi connectivity index (χ1n) is 9.59. The molecule has 3 aliphatic rings. The number of piperidine rings is 1. The molecular weight excluding hydrogens is 296 g/mol. The lowest BCUT2D eigenvalue weighted by atomic mass is 9.52. The highest BCUT2D eigenvalue weighted by Crippen LogP contribution is 2.55. The smallest absolute Gasteiger partial charge is 0.128 e. The molecule has 3 fully saturated rings. The number of aryl methyl sites for hydroxylation is 1. The highest BCUT2D eigenvalue weighted by atomic mass is 15.2. The Morgan fingerprint density at radius 1 is 1.12 bits per heavy atom. The molecule has 0 unspecified atom stereocenters. The molecule has 1 aromatic heterocycles. The summed E-state index contributed by atoms with van der Waals surface area (Å²) >= 11 is 0. The van der Waals surface area contributed by atoms with Gasteiger partial charge in [-0.2, -0.15) is 0 Å². The Balaban J connectivity index is 1.35. The fraction of sp³-hybridized carbons (Fsp3) is 0.750. The Labute approximate surface area is 146 Å². The summed E-state index contributed by atoms with van der Waals surface area (Å²) in [4.78, 5) is 7.32. The van der Waals surface area contributed by atoms with Crippen LogP contribution in [0.3, 0.4) is 0 Å². The molecule has 1 saturated heterocycles. The zero-order valence-corrected chi connectivity index (χ0v) is 15.4. The van der Waals surface area contributed by atoms with Gasteiger partial charge >= 0.3 is 0 Å². The molecule has 4 heteroatoms. The number of nitrogens with zero attached hydrogens (tertiary/aromatic N) is 2. The predicted octanol–water partition coefficient (Wildman–Crippen LogP) is 3.70. The van der Waals surface area contributed by atoms with Gasteiger partial charge in [0.25, 0.3) is 0 Å². The topological polar surface area (TPSA) is 54.2 Å². The molecule has 2 aliphatic carbocycles. The monoisotopic (exact) mass is 328 g/mol. The molecule has 3 N–H and O–H groups in total. The number of anilines is 2. The van der Waals surface area contributed by atoms with Crippen molar-refractivity contribution in [2.24, 2.45) is 16.6 Å². The van der Waals surface area contributed by atoms with Crippen molar-refractivity contribution in [2.45, 2.75) is 71.4 Å². The Bertz CT molecular complexity index is 600. The third-order valence-electron chi connectivity index (χ3n) is 6.62. The molecule has 0 atom stereocenters. The van der Waals surface area contributed by atoms with Crippen molar-refractivity contribution in [1.29, 1.82) is 0 Å². The molecular formula is C20H32N4. The Morgan fingerprint density at radius 2 is 1.79 bits per heavy atom. The van der Waals surface area contributed by atoms with Crippen molar-refractivity contribution >= 4 is 11.5 Å². The second-order valence-corrected chi connectivity index (χ2v) is 9.37. The van der Waals surface area contributed by atoms with Crippen LogP contribution < -0.4 is 16.0 Å². The minimum Gasteiger partial charge on any atom is -0.381 e. The highest BCUT2D eigenvalue weighted by Gasteiger charge is 2.51. The molecule has 0 aromatic carbocycles. The summed E-state index contributed by atoms with van der Waals surface area (Å²) in [5.41, 5.74) is 9.36. The van der Waals surface area contributed by atoms with E-state index in [1.54, 1.807) is 0 Å². The number of aromatic nitrogens is 1. The van der Waals surface area contributed by atoms with Gasteiger partial charge in [-0.3, -0.25) is 0 Å². The standard InChI is InChI=1S/C20H32N4/c1-14-17(23-16-12-20(13-16)10-15(21)11-20)4-5-18(22-14)24-8-6-19(2,3)7-9-24/h4-5,15-16,23H,6-13,21H2,1-3H3. The normalized spacial score (nSPS) is 34.6. The molecule has 0 radical (unpaired) electrons. The first kappa shape index (κ1) is 16.2. The first-order chi connectivity index (χ1) is 11.3. The third kappa shape index (κ3) is 3.01. The van der Waals surface area contributed by atoms with Crippen LogP contribution in [0.1, 0.15) is 58.1 Å².